The second kappa shape index (κ2) is 8.02. The van der Waals surface area contributed by atoms with Gasteiger partial charge < -0.3 is 21.2 Å². The van der Waals surface area contributed by atoms with E-state index < -0.39 is 0 Å². The zero-order valence-corrected chi connectivity index (χ0v) is 17.2. The van der Waals surface area contributed by atoms with Crippen molar-refractivity contribution >= 4 is 33.5 Å². The van der Waals surface area contributed by atoms with Crippen LogP contribution in [0.4, 0.5) is 5.69 Å². The number of nitrogens with zero attached hydrogens (tertiary/aromatic N) is 2. The number of carbonyl (C=O) groups is 1. The molecule has 2 aromatic carbocycles. The van der Waals surface area contributed by atoms with Crippen LogP contribution >= 0.6 is 0 Å². The molecule has 1 aliphatic rings. The maximum atomic E-state index is 11.7. The zero-order chi connectivity index (χ0) is 21.4. The molecule has 1 aliphatic heterocycles. The number of morpholine rings is 1. The molecule has 158 valence electrons. The molecule has 0 saturated carbocycles. The van der Waals surface area contributed by atoms with Gasteiger partial charge in [0, 0.05) is 36.3 Å². The lowest BCUT2D eigenvalue weighted by Crippen LogP contribution is -2.35. The molecule has 31 heavy (non-hydrogen) atoms. The summed E-state index contributed by atoms with van der Waals surface area (Å²) < 4.78 is 5.43. The molecule has 7 nitrogen and oxygen atoms in total. The number of primary amides is 1. The van der Waals surface area contributed by atoms with Crippen molar-refractivity contribution in [2.45, 2.75) is 13.0 Å². The molecule has 3 heterocycles. The van der Waals surface area contributed by atoms with Gasteiger partial charge in [-0.3, -0.25) is 9.69 Å². The van der Waals surface area contributed by atoms with Gasteiger partial charge >= 0.3 is 0 Å². The second-order valence-electron chi connectivity index (χ2n) is 8.05. The van der Waals surface area contributed by atoms with Crippen molar-refractivity contribution in [1.29, 1.82) is 0 Å². The van der Waals surface area contributed by atoms with Crippen LogP contribution in [0.25, 0.3) is 33.2 Å². The van der Waals surface area contributed by atoms with Crippen molar-refractivity contribution in [1.82, 2.24) is 14.9 Å². The number of rotatable bonds is 5. The Kier molecular flexibility index (Phi) is 5.05. The fourth-order valence-electron chi connectivity index (χ4n) is 4.21. The van der Waals surface area contributed by atoms with Crippen molar-refractivity contribution in [3.05, 3.63) is 59.7 Å². The molecule has 5 N–H and O–H groups in total. The average molecular weight is 415 g/mol. The maximum Gasteiger partial charge on any atom is 0.221 e. The molecule has 4 aromatic rings. The van der Waals surface area contributed by atoms with E-state index in [9.17, 15) is 4.79 Å². The smallest absolute Gasteiger partial charge is 0.221 e. The molecule has 7 heteroatoms. The largest absolute Gasteiger partial charge is 0.399 e. The normalized spacial score (nSPS) is 15.0. The first-order valence-electron chi connectivity index (χ1n) is 10.5. The van der Waals surface area contributed by atoms with E-state index in [0.29, 0.717) is 5.69 Å². The fourth-order valence-corrected chi connectivity index (χ4v) is 4.21. The highest BCUT2D eigenvalue weighted by molar-refractivity contribution is 6.08. The molecule has 0 spiro atoms. The fraction of sp³-hybridized carbons (Fsp3) is 0.250. The Morgan fingerprint density at radius 3 is 2.61 bits per heavy atom. The molecule has 1 amide bonds. The molecule has 0 bridgehead atoms. The van der Waals surface area contributed by atoms with Crippen molar-refractivity contribution in [2.24, 2.45) is 5.73 Å². The zero-order valence-electron chi connectivity index (χ0n) is 17.2. The van der Waals surface area contributed by atoms with E-state index in [0.717, 1.165) is 71.6 Å². The van der Waals surface area contributed by atoms with E-state index in [1.807, 2.05) is 24.3 Å². The van der Waals surface area contributed by atoms with Gasteiger partial charge in [-0.05, 0) is 35.4 Å². The van der Waals surface area contributed by atoms with E-state index in [1.54, 1.807) is 0 Å². The van der Waals surface area contributed by atoms with Gasteiger partial charge in [0.2, 0.25) is 5.91 Å². The Morgan fingerprint density at radius 2 is 1.87 bits per heavy atom. The number of nitrogen functional groups attached to an aromatic ring is 1. The summed E-state index contributed by atoms with van der Waals surface area (Å²) in [6.07, 6.45) is 0.142. The molecular formula is C24H25N5O2. The van der Waals surface area contributed by atoms with Crippen LogP contribution in [0.5, 0.6) is 0 Å². The van der Waals surface area contributed by atoms with Gasteiger partial charge in [-0.25, -0.2) is 4.98 Å². The third-order valence-corrected chi connectivity index (χ3v) is 5.78. The van der Waals surface area contributed by atoms with Gasteiger partial charge in [0.15, 0.2) is 0 Å². The number of aromatic nitrogens is 2. The molecule has 0 aliphatic carbocycles. The molecule has 1 fully saturated rings. The Hall–Kier alpha value is -3.42. The number of nitrogens with two attached hydrogens (primary N) is 2. The number of anilines is 1. The highest BCUT2D eigenvalue weighted by atomic mass is 16.5. The number of ether oxygens (including phenoxy) is 1. The minimum atomic E-state index is -0.377. The average Bonchev–Trinajstić information content (AvgIpc) is 3.12. The number of benzene rings is 2. The third kappa shape index (κ3) is 3.97. The number of hydrogen-bond donors (Lipinski definition) is 3. The first kappa shape index (κ1) is 19.5. The summed E-state index contributed by atoms with van der Waals surface area (Å²) in [5, 5.41) is 0.973. The number of carbonyl (C=O) groups excluding carboxylic acids is 1. The summed E-state index contributed by atoms with van der Waals surface area (Å²) in [5.74, 6) is -0.377. The van der Waals surface area contributed by atoms with Crippen molar-refractivity contribution in [3.8, 4) is 11.3 Å². The number of amides is 1. The Balaban J connectivity index is 1.54. The Morgan fingerprint density at radius 1 is 1.10 bits per heavy atom. The van der Waals surface area contributed by atoms with Crippen molar-refractivity contribution < 1.29 is 9.53 Å². The van der Waals surface area contributed by atoms with E-state index in [2.05, 4.69) is 34.1 Å². The van der Waals surface area contributed by atoms with Crippen molar-refractivity contribution in [3.63, 3.8) is 0 Å². The van der Waals surface area contributed by atoms with Gasteiger partial charge in [0.05, 0.1) is 41.9 Å². The van der Waals surface area contributed by atoms with E-state index >= 15 is 0 Å². The number of fused-ring (bicyclic) bond motifs is 3. The van der Waals surface area contributed by atoms with Crippen LogP contribution in [0, 0.1) is 0 Å². The molecule has 5 rings (SSSR count). The Bertz CT molecular complexity index is 1260. The third-order valence-electron chi connectivity index (χ3n) is 5.78. The summed E-state index contributed by atoms with van der Waals surface area (Å²) in [7, 11) is 0. The first-order valence-corrected chi connectivity index (χ1v) is 10.5. The molecule has 2 aromatic heterocycles. The minimum absolute atomic E-state index is 0.142. The number of H-pyrrole nitrogens is 1. The number of hydrogen-bond acceptors (Lipinski definition) is 5. The quantitative estimate of drug-likeness (QED) is 0.434. The standard InChI is InChI=1S/C24H25N5O2/c25-18-5-6-19-21(13-18)28-23-17(12-22(26)30)11-20(27-24(19)23)16-3-1-15(2-4-16)14-29-7-9-31-10-8-29/h1-6,11,13,28H,7-10,12,14,25H2,(H2,26,30). The van der Waals surface area contributed by atoms with Gasteiger partial charge in [0.25, 0.3) is 0 Å². The van der Waals surface area contributed by atoms with Gasteiger partial charge in [0.1, 0.15) is 0 Å². The molecule has 0 atom stereocenters. The summed E-state index contributed by atoms with van der Waals surface area (Å²) in [5.41, 5.74) is 18.6. The summed E-state index contributed by atoms with van der Waals surface area (Å²) in [4.78, 5) is 22.4. The van der Waals surface area contributed by atoms with Crippen molar-refractivity contribution in [2.75, 3.05) is 32.0 Å². The highest BCUT2D eigenvalue weighted by Crippen LogP contribution is 2.31. The van der Waals surface area contributed by atoms with E-state index in [4.69, 9.17) is 21.2 Å². The number of pyridine rings is 1. The lowest BCUT2D eigenvalue weighted by atomic mass is 10.0. The van der Waals surface area contributed by atoms with Gasteiger partial charge in [-0.15, -0.1) is 0 Å². The first-order chi connectivity index (χ1) is 15.1. The maximum absolute atomic E-state index is 11.7. The summed E-state index contributed by atoms with van der Waals surface area (Å²) in [6.45, 7) is 4.41. The van der Waals surface area contributed by atoms with Crippen LogP contribution < -0.4 is 11.5 Å². The predicted octanol–water partition coefficient (Wildman–Crippen LogP) is 2.83. The Labute approximate surface area is 180 Å². The van der Waals surface area contributed by atoms with Crippen LogP contribution in [0.2, 0.25) is 0 Å². The van der Waals surface area contributed by atoms with Crippen LogP contribution in [0.3, 0.4) is 0 Å². The number of aromatic amines is 1. The minimum Gasteiger partial charge on any atom is -0.399 e. The van der Waals surface area contributed by atoms with Crippen LogP contribution in [0.1, 0.15) is 11.1 Å². The lowest BCUT2D eigenvalue weighted by molar-refractivity contribution is -0.117. The van der Waals surface area contributed by atoms with E-state index in [-0.39, 0.29) is 12.3 Å². The molecular weight excluding hydrogens is 390 g/mol. The number of nitrogens with one attached hydrogen (secondary N) is 1. The topological polar surface area (TPSA) is 110 Å². The second-order valence-corrected chi connectivity index (χ2v) is 8.05. The molecule has 0 radical (unpaired) electrons. The summed E-state index contributed by atoms with van der Waals surface area (Å²) in [6, 6.07) is 16.1. The van der Waals surface area contributed by atoms with Gasteiger partial charge in [-0.2, -0.15) is 0 Å². The van der Waals surface area contributed by atoms with Crippen LogP contribution in [-0.2, 0) is 22.5 Å². The highest BCUT2D eigenvalue weighted by Gasteiger charge is 2.15. The predicted molar refractivity (Wildman–Crippen MR) is 122 cm³/mol. The lowest BCUT2D eigenvalue weighted by Gasteiger charge is -2.26. The summed E-state index contributed by atoms with van der Waals surface area (Å²) >= 11 is 0. The monoisotopic (exact) mass is 415 g/mol. The molecule has 1 saturated heterocycles. The van der Waals surface area contributed by atoms with Gasteiger partial charge in [-0.1, -0.05) is 24.3 Å². The van der Waals surface area contributed by atoms with Crippen LogP contribution in [-0.4, -0.2) is 47.1 Å². The van der Waals surface area contributed by atoms with Crippen LogP contribution in [0.15, 0.2) is 48.5 Å². The molecule has 0 unspecified atom stereocenters. The SMILES string of the molecule is NC(=O)Cc1cc(-c2ccc(CN3CCOCC3)cc2)nc2c1[nH]c1cc(N)ccc12. The van der Waals surface area contributed by atoms with E-state index in [1.165, 1.54) is 5.56 Å².